The number of ether oxygens (including phenoxy) is 1. The normalized spacial score (nSPS) is 9.60. The maximum Gasteiger partial charge on any atom is 0.337 e. The van der Waals surface area contributed by atoms with Crippen LogP contribution >= 0.6 is 0 Å². The number of hydrogen-bond acceptors (Lipinski definition) is 4. The minimum Gasteiger partial charge on any atom is -0.478 e. The molecule has 5 nitrogen and oxygen atoms in total. The van der Waals surface area contributed by atoms with E-state index in [-0.39, 0.29) is 5.97 Å². The van der Waals surface area contributed by atoms with Gasteiger partial charge in [-0.2, -0.15) is 0 Å². The number of hydrogen-bond donors (Lipinski definition) is 1. The molecule has 0 aromatic heterocycles. The summed E-state index contributed by atoms with van der Waals surface area (Å²) in [5, 5.41) is 8.79. The van der Waals surface area contributed by atoms with Crippen LogP contribution in [0.1, 0.15) is 56.3 Å². The minimum absolute atomic E-state index is 0.237. The molecule has 0 amide bonds. The standard InChI is InChI=1S/C11H20O2.C9H11NO2/c1-4-6-7-8-9-13-11(12)10(3)5-2;1-10(2)8-6-4-3-5-7(8)9(11)12/h3-9H2,1-2H3;3-6H,1-2H3,(H,11,12). The molecule has 1 aromatic carbocycles. The van der Waals surface area contributed by atoms with Crippen molar-refractivity contribution in [3.05, 3.63) is 42.0 Å². The van der Waals surface area contributed by atoms with Crippen LogP contribution in [-0.4, -0.2) is 37.7 Å². The summed E-state index contributed by atoms with van der Waals surface area (Å²) in [6.07, 6.45) is 5.20. The van der Waals surface area contributed by atoms with Crippen molar-refractivity contribution in [2.24, 2.45) is 0 Å². The second-order valence-electron chi connectivity index (χ2n) is 5.87. The number of carboxylic acid groups (broad SMARTS) is 1. The zero-order valence-corrected chi connectivity index (χ0v) is 15.9. The van der Waals surface area contributed by atoms with Crippen LogP contribution in [0.5, 0.6) is 0 Å². The Morgan fingerprint density at radius 3 is 2.24 bits per heavy atom. The summed E-state index contributed by atoms with van der Waals surface area (Å²) in [6.45, 7) is 8.21. The molecule has 0 aliphatic rings. The van der Waals surface area contributed by atoms with E-state index >= 15 is 0 Å². The number of unbranched alkanes of at least 4 members (excludes halogenated alkanes) is 3. The van der Waals surface area contributed by atoms with E-state index in [2.05, 4.69) is 13.5 Å². The third kappa shape index (κ3) is 9.55. The van der Waals surface area contributed by atoms with E-state index in [0.717, 1.165) is 18.5 Å². The number of carbonyl (C=O) groups is 2. The summed E-state index contributed by atoms with van der Waals surface area (Å²) in [5.41, 5.74) is 1.63. The molecule has 0 aliphatic heterocycles. The highest BCUT2D eigenvalue weighted by atomic mass is 16.5. The van der Waals surface area contributed by atoms with Crippen LogP contribution in [-0.2, 0) is 9.53 Å². The lowest BCUT2D eigenvalue weighted by Crippen LogP contribution is -2.13. The van der Waals surface area contributed by atoms with Crippen LogP contribution in [0.15, 0.2) is 36.4 Å². The average Bonchev–Trinajstić information content (AvgIpc) is 2.61. The molecule has 0 unspecified atom stereocenters. The molecular formula is C20H31NO4. The Morgan fingerprint density at radius 2 is 1.76 bits per heavy atom. The van der Waals surface area contributed by atoms with Crippen LogP contribution < -0.4 is 4.90 Å². The number of esters is 1. The molecule has 0 radical (unpaired) electrons. The highest BCUT2D eigenvalue weighted by Crippen LogP contribution is 2.17. The van der Waals surface area contributed by atoms with E-state index in [0.29, 0.717) is 24.2 Å². The zero-order chi connectivity index (χ0) is 19.2. The molecule has 0 bridgehead atoms. The van der Waals surface area contributed by atoms with Crippen LogP contribution in [0.3, 0.4) is 0 Å². The van der Waals surface area contributed by atoms with Crippen molar-refractivity contribution in [1.29, 1.82) is 0 Å². The number of anilines is 1. The fraction of sp³-hybridized carbons (Fsp3) is 0.500. The Bertz CT molecular complexity index is 552. The Hall–Kier alpha value is -2.30. The molecule has 0 atom stereocenters. The highest BCUT2D eigenvalue weighted by Gasteiger charge is 2.09. The molecule has 140 valence electrons. The first-order valence-corrected chi connectivity index (χ1v) is 8.69. The first-order valence-electron chi connectivity index (χ1n) is 8.69. The van der Waals surface area contributed by atoms with Crippen molar-refractivity contribution in [1.82, 2.24) is 0 Å². The number of rotatable bonds is 9. The summed E-state index contributed by atoms with van der Waals surface area (Å²) >= 11 is 0. The number of aromatic carboxylic acids is 1. The van der Waals surface area contributed by atoms with Crippen molar-refractivity contribution in [3.8, 4) is 0 Å². The molecule has 0 saturated carbocycles. The minimum atomic E-state index is -0.890. The largest absolute Gasteiger partial charge is 0.478 e. The van der Waals surface area contributed by atoms with E-state index in [1.165, 1.54) is 12.8 Å². The third-order valence-corrected chi connectivity index (χ3v) is 3.56. The maximum atomic E-state index is 11.1. The predicted molar refractivity (Wildman–Crippen MR) is 102 cm³/mol. The molecule has 5 heteroatoms. The van der Waals surface area contributed by atoms with Gasteiger partial charge in [0.25, 0.3) is 0 Å². The molecular weight excluding hydrogens is 318 g/mol. The molecule has 1 aromatic rings. The monoisotopic (exact) mass is 349 g/mol. The molecule has 0 spiro atoms. The van der Waals surface area contributed by atoms with Gasteiger partial charge in [0.2, 0.25) is 0 Å². The van der Waals surface area contributed by atoms with E-state index in [4.69, 9.17) is 9.84 Å². The van der Waals surface area contributed by atoms with E-state index < -0.39 is 5.97 Å². The van der Waals surface area contributed by atoms with Gasteiger partial charge in [-0.25, -0.2) is 9.59 Å². The van der Waals surface area contributed by atoms with Gasteiger partial charge in [0.05, 0.1) is 17.9 Å². The van der Waals surface area contributed by atoms with Gasteiger partial charge < -0.3 is 14.7 Å². The Balaban J connectivity index is 0.000000462. The van der Waals surface area contributed by atoms with Crippen LogP contribution in [0, 0.1) is 0 Å². The van der Waals surface area contributed by atoms with Crippen molar-refractivity contribution in [2.45, 2.75) is 46.0 Å². The Kier molecular flexibility index (Phi) is 11.8. The summed E-state index contributed by atoms with van der Waals surface area (Å²) in [5.74, 6) is -1.13. The fourth-order valence-electron chi connectivity index (χ4n) is 1.98. The molecule has 1 rings (SSSR count). The lowest BCUT2D eigenvalue weighted by atomic mass is 10.2. The van der Waals surface area contributed by atoms with Gasteiger partial charge in [-0.3, -0.25) is 0 Å². The molecule has 25 heavy (non-hydrogen) atoms. The zero-order valence-electron chi connectivity index (χ0n) is 15.9. The molecule has 0 fully saturated rings. The first kappa shape index (κ1) is 22.7. The quantitative estimate of drug-likeness (QED) is 0.403. The second kappa shape index (κ2) is 13.0. The van der Waals surface area contributed by atoms with Crippen LogP contribution in [0.4, 0.5) is 5.69 Å². The highest BCUT2D eigenvalue weighted by molar-refractivity contribution is 5.94. The Morgan fingerprint density at radius 1 is 1.12 bits per heavy atom. The van der Waals surface area contributed by atoms with Gasteiger partial charge in [0.15, 0.2) is 0 Å². The van der Waals surface area contributed by atoms with Crippen molar-refractivity contribution in [2.75, 3.05) is 25.6 Å². The number of carboxylic acids is 1. The lowest BCUT2D eigenvalue weighted by Gasteiger charge is -2.14. The summed E-state index contributed by atoms with van der Waals surface area (Å²) in [7, 11) is 3.64. The smallest absolute Gasteiger partial charge is 0.337 e. The number of carbonyl (C=O) groups excluding carboxylic acids is 1. The topological polar surface area (TPSA) is 66.8 Å². The Labute approximate surface area is 151 Å². The molecule has 1 N–H and O–H groups in total. The summed E-state index contributed by atoms with van der Waals surface area (Å²) < 4.78 is 5.00. The van der Waals surface area contributed by atoms with Gasteiger partial charge in [-0.05, 0) is 25.0 Å². The van der Waals surface area contributed by atoms with E-state index in [1.54, 1.807) is 23.1 Å². The van der Waals surface area contributed by atoms with Crippen LogP contribution in [0.2, 0.25) is 0 Å². The van der Waals surface area contributed by atoms with Crippen molar-refractivity contribution >= 4 is 17.6 Å². The lowest BCUT2D eigenvalue weighted by molar-refractivity contribution is -0.139. The fourth-order valence-corrected chi connectivity index (χ4v) is 1.98. The maximum absolute atomic E-state index is 11.1. The first-order chi connectivity index (χ1) is 11.8. The van der Waals surface area contributed by atoms with Gasteiger partial charge in [-0.1, -0.05) is 51.8 Å². The van der Waals surface area contributed by atoms with Gasteiger partial charge >= 0.3 is 11.9 Å². The van der Waals surface area contributed by atoms with Crippen molar-refractivity contribution < 1.29 is 19.4 Å². The molecule has 0 aliphatic carbocycles. The predicted octanol–water partition coefficient (Wildman–Crippen LogP) is 4.53. The SMILES string of the molecule is C=C(CC)C(=O)OCCCCCC.CN(C)c1ccccc1C(=O)O. The number of benzene rings is 1. The van der Waals surface area contributed by atoms with E-state index in [1.807, 2.05) is 27.1 Å². The average molecular weight is 349 g/mol. The number of nitrogens with zero attached hydrogens (tertiary/aromatic N) is 1. The van der Waals surface area contributed by atoms with Gasteiger partial charge in [0.1, 0.15) is 0 Å². The number of para-hydroxylation sites is 1. The second-order valence-corrected chi connectivity index (χ2v) is 5.87. The van der Waals surface area contributed by atoms with Crippen LogP contribution in [0.25, 0.3) is 0 Å². The summed E-state index contributed by atoms with van der Waals surface area (Å²) in [6, 6.07) is 6.92. The molecule has 0 heterocycles. The van der Waals surface area contributed by atoms with Crippen molar-refractivity contribution in [3.63, 3.8) is 0 Å². The third-order valence-electron chi connectivity index (χ3n) is 3.56. The van der Waals surface area contributed by atoms with E-state index in [9.17, 15) is 9.59 Å². The summed E-state index contributed by atoms with van der Waals surface area (Å²) in [4.78, 5) is 23.6. The molecule has 0 saturated heterocycles. The van der Waals surface area contributed by atoms with Gasteiger partial charge in [0, 0.05) is 19.7 Å². The van der Waals surface area contributed by atoms with Gasteiger partial charge in [-0.15, -0.1) is 0 Å².